The lowest BCUT2D eigenvalue weighted by Gasteiger charge is -2.39. The Morgan fingerprint density at radius 2 is 2.02 bits per heavy atom. The van der Waals surface area contributed by atoms with E-state index in [9.17, 15) is 14.3 Å². The molecular weight excluding hydrogens is 575 g/mol. The number of piperidine rings is 1. The van der Waals surface area contributed by atoms with Crippen LogP contribution in [0.25, 0.3) is 11.0 Å². The lowest BCUT2D eigenvalue weighted by molar-refractivity contribution is -0.0596. The minimum atomic E-state index is -0.661. The first-order valence-corrected chi connectivity index (χ1v) is 14.8. The SMILES string of the molecule is COC(=O)c1ccc2nc([C@H](C)N3CCC(c4cccc(OCc5ccc(Cl)cc5F)n4)C(O)C3)n(C[C@@H]3CCO3)c2c1. The molecule has 4 atom stereocenters. The van der Waals surface area contributed by atoms with Crippen LogP contribution in [0, 0.1) is 5.82 Å². The van der Waals surface area contributed by atoms with Crippen LogP contribution in [0.5, 0.6) is 5.88 Å². The van der Waals surface area contributed by atoms with E-state index in [1.807, 2.05) is 24.3 Å². The van der Waals surface area contributed by atoms with Crippen LogP contribution in [0.3, 0.4) is 0 Å². The van der Waals surface area contributed by atoms with Gasteiger partial charge in [0.05, 0.1) is 54.2 Å². The van der Waals surface area contributed by atoms with Gasteiger partial charge >= 0.3 is 5.97 Å². The molecule has 0 spiro atoms. The highest BCUT2D eigenvalue weighted by Crippen LogP contribution is 2.34. The summed E-state index contributed by atoms with van der Waals surface area (Å²) in [7, 11) is 1.37. The fraction of sp³-hybridized carbons (Fsp3) is 0.406. The number of carbonyl (C=O) groups is 1. The van der Waals surface area contributed by atoms with Crippen molar-refractivity contribution in [2.45, 2.75) is 57.1 Å². The number of aromatic nitrogens is 3. The Balaban J connectivity index is 1.17. The Kier molecular flexibility index (Phi) is 8.63. The number of hydrogen-bond acceptors (Lipinski definition) is 8. The number of ether oxygens (including phenoxy) is 3. The molecule has 11 heteroatoms. The van der Waals surface area contributed by atoms with Crippen molar-refractivity contribution in [1.82, 2.24) is 19.4 Å². The predicted molar refractivity (Wildman–Crippen MR) is 159 cm³/mol. The maximum absolute atomic E-state index is 14.2. The van der Waals surface area contributed by atoms with Gasteiger partial charge in [0.1, 0.15) is 18.2 Å². The molecule has 2 aliphatic heterocycles. The first-order valence-electron chi connectivity index (χ1n) is 14.5. The molecule has 4 aromatic rings. The van der Waals surface area contributed by atoms with Crippen LogP contribution >= 0.6 is 11.6 Å². The molecule has 0 amide bonds. The first kappa shape index (κ1) is 29.5. The number of likely N-dealkylation sites (tertiary alicyclic amines) is 1. The zero-order chi connectivity index (χ0) is 30.1. The quantitative estimate of drug-likeness (QED) is 0.256. The third-order valence-electron chi connectivity index (χ3n) is 8.43. The largest absolute Gasteiger partial charge is 0.473 e. The van der Waals surface area contributed by atoms with Gasteiger partial charge in [0.15, 0.2) is 0 Å². The molecule has 0 saturated carbocycles. The smallest absolute Gasteiger partial charge is 0.337 e. The van der Waals surface area contributed by atoms with Gasteiger partial charge in [-0.1, -0.05) is 23.7 Å². The fourth-order valence-corrected chi connectivity index (χ4v) is 6.01. The number of benzene rings is 2. The average molecular weight is 609 g/mol. The van der Waals surface area contributed by atoms with E-state index in [2.05, 4.69) is 21.4 Å². The molecule has 0 radical (unpaired) electrons. The molecule has 43 heavy (non-hydrogen) atoms. The second-order valence-corrected chi connectivity index (χ2v) is 11.6. The van der Waals surface area contributed by atoms with E-state index in [0.717, 1.165) is 42.1 Å². The third-order valence-corrected chi connectivity index (χ3v) is 8.66. The molecule has 0 aliphatic carbocycles. The van der Waals surface area contributed by atoms with Crippen LogP contribution in [-0.2, 0) is 22.6 Å². The third kappa shape index (κ3) is 6.24. The molecule has 2 saturated heterocycles. The van der Waals surface area contributed by atoms with E-state index < -0.39 is 17.9 Å². The Labute approximate surface area is 254 Å². The number of nitrogens with zero attached hydrogens (tertiary/aromatic N) is 4. The Bertz CT molecular complexity index is 1630. The van der Waals surface area contributed by atoms with E-state index in [1.54, 1.807) is 24.3 Å². The topological polar surface area (TPSA) is 98.9 Å². The average Bonchev–Trinajstić information content (AvgIpc) is 3.35. The molecule has 2 aromatic heterocycles. The van der Waals surface area contributed by atoms with Gasteiger partial charge in [-0.15, -0.1) is 0 Å². The van der Waals surface area contributed by atoms with Gasteiger partial charge in [-0.2, -0.15) is 0 Å². The van der Waals surface area contributed by atoms with Gasteiger partial charge in [-0.3, -0.25) is 4.90 Å². The number of esters is 1. The number of fused-ring (bicyclic) bond motifs is 1. The van der Waals surface area contributed by atoms with Crippen molar-refractivity contribution in [2.24, 2.45) is 0 Å². The maximum Gasteiger partial charge on any atom is 0.337 e. The highest BCUT2D eigenvalue weighted by atomic mass is 35.5. The molecule has 6 rings (SSSR count). The summed E-state index contributed by atoms with van der Waals surface area (Å²) >= 11 is 5.85. The molecule has 9 nitrogen and oxygen atoms in total. The van der Waals surface area contributed by atoms with Crippen LogP contribution in [-0.4, -0.2) is 69.5 Å². The first-order chi connectivity index (χ1) is 20.8. The van der Waals surface area contributed by atoms with Crippen molar-refractivity contribution in [3.8, 4) is 5.88 Å². The monoisotopic (exact) mass is 608 g/mol. The number of pyridine rings is 1. The van der Waals surface area contributed by atoms with E-state index in [0.29, 0.717) is 41.5 Å². The molecule has 1 N–H and O–H groups in total. The number of imidazole rings is 1. The summed E-state index contributed by atoms with van der Waals surface area (Å²) in [5, 5.41) is 11.6. The lowest BCUT2D eigenvalue weighted by atomic mass is 9.89. The van der Waals surface area contributed by atoms with Crippen molar-refractivity contribution in [2.75, 3.05) is 26.8 Å². The lowest BCUT2D eigenvalue weighted by Crippen LogP contribution is -2.44. The minimum Gasteiger partial charge on any atom is -0.473 e. The van der Waals surface area contributed by atoms with Crippen LogP contribution in [0.2, 0.25) is 5.02 Å². The van der Waals surface area contributed by atoms with E-state index in [-0.39, 0.29) is 24.7 Å². The summed E-state index contributed by atoms with van der Waals surface area (Å²) in [6.45, 7) is 4.65. The number of rotatable bonds is 9. The number of aliphatic hydroxyl groups excluding tert-OH is 1. The van der Waals surface area contributed by atoms with E-state index >= 15 is 0 Å². The van der Waals surface area contributed by atoms with Crippen molar-refractivity contribution in [3.05, 3.63) is 88.1 Å². The second kappa shape index (κ2) is 12.6. The zero-order valence-corrected chi connectivity index (χ0v) is 24.8. The number of methoxy groups -OCH3 is 1. The Morgan fingerprint density at radius 3 is 2.74 bits per heavy atom. The van der Waals surface area contributed by atoms with E-state index in [1.165, 1.54) is 13.2 Å². The molecule has 2 aromatic carbocycles. The van der Waals surface area contributed by atoms with Crippen molar-refractivity contribution in [3.63, 3.8) is 0 Å². The summed E-state index contributed by atoms with van der Waals surface area (Å²) in [5.41, 5.74) is 3.24. The number of aliphatic hydroxyl groups is 1. The highest BCUT2D eigenvalue weighted by Gasteiger charge is 2.34. The summed E-state index contributed by atoms with van der Waals surface area (Å²) in [5.74, 6) is 0.228. The highest BCUT2D eigenvalue weighted by molar-refractivity contribution is 6.30. The van der Waals surface area contributed by atoms with E-state index in [4.69, 9.17) is 30.8 Å². The van der Waals surface area contributed by atoms with Crippen LogP contribution in [0.1, 0.15) is 59.2 Å². The van der Waals surface area contributed by atoms with Crippen LogP contribution in [0.15, 0.2) is 54.6 Å². The molecule has 2 unspecified atom stereocenters. The summed E-state index contributed by atoms with van der Waals surface area (Å²) in [6.07, 6.45) is 1.09. The molecule has 226 valence electrons. The molecule has 4 heterocycles. The van der Waals surface area contributed by atoms with Crippen LogP contribution < -0.4 is 4.74 Å². The molecule has 2 fully saturated rings. The maximum atomic E-state index is 14.2. The Hall–Kier alpha value is -3.57. The standard InChI is InChI=1S/C32H34ClFN4O5/c1-19(31-36-27-9-7-20(32(40)41-2)14-28(27)38(31)16-23-11-13-42-23)37-12-10-24(29(39)17-37)26-4-3-5-30(35-26)43-18-21-6-8-22(33)15-25(21)34/h3-9,14-15,19,23-24,29,39H,10-13,16-18H2,1-2H3/t19-,23-,24?,29?/m0/s1. The summed E-state index contributed by atoms with van der Waals surface area (Å²) in [6, 6.07) is 15.2. The fourth-order valence-electron chi connectivity index (χ4n) is 5.85. The van der Waals surface area contributed by atoms with Gasteiger partial charge in [-0.25, -0.2) is 19.2 Å². The second-order valence-electron chi connectivity index (χ2n) is 11.1. The van der Waals surface area contributed by atoms with Gasteiger partial charge in [-0.05, 0) is 62.7 Å². The normalized spacial score (nSPS) is 21.4. The molecule has 0 bridgehead atoms. The number of carbonyl (C=O) groups excluding carboxylic acids is 1. The number of halogens is 2. The van der Waals surface area contributed by atoms with Gasteiger partial charge < -0.3 is 23.9 Å². The van der Waals surface area contributed by atoms with Crippen molar-refractivity contribution in [1.29, 1.82) is 0 Å². The number of hydrogen-bond donors (Lipinski definition) is 1. The Morgan fingerprint density at radius 1 is 1.19 bits per heavy atom. The molecular formula is C32H34ClFN4O5. The summed E-state index contributed by atoms with van der Waals surface area (Å²) < 4.78 is 32.8. The summed E-state index contributed by atoms with van der Waals surface area (Å²) in [4.78, 5) is 24.1. The number of β-amino-alcohol motifs (C(OH)–C–C–N with tert-alkyl or cyclic N) is 1. The van der Waals surface area contributed by atoms with Crippen LogP contribution in [0.4, 0.5) is 4.39 Å². The zero-order valence-electron chi connectivity index (χ0n) is 24.1. The molecule has 2 aliphatic rings. The van der Waals surface area contributed by atoms with Gasteiger partial charge in [0.2, 0.25) is 5.88 Å². The van der Waals surface area contributed by atoms with Gasteiger partial charge in [0, 0.05) is 35.7 Å². The van der Waals surface area contributed by atoms with Crippen molar-refractivity contribution < 1.29 is 28.5 Å². The minimum absolute atomic E-state index is 0.0198. The van der Waals surface area contributed by atoms with Gasteiger partial charge in [0.25, 0.3) is 0 Å². The predicted octanol–water partition coefficient (Wildman–Crippen LogP) is 5.29. The van der Waals surface area contributed by atoms with Crippen molar-refractivity contribution >= 4 is 28.6 Å².